The summed E-state index contributed by atoms with van der Waals surface area (Å²) in [5, 5.41) is 9.03. The van der Waals surface area contributed by atoms with Crippen LogP contribution in [0.25, 0.3) is 11.1 Å². The molecule has 1 aromatic heterocycles. The highest BCUT2D eigenvalue weighted by molar-refractivity contribution is 5.78. The molecule has 0 saturated heterocycles. The van der Waals surface area contributed by atoms with Gasteiger partial charge >= 0.3 is 12.0 Å². The summed E-state index contributed by atoms with van der Waals surface area (Å²) in [5.74, 6) is -0.867. The van der Waals surface area contributed by atoms with Crippen LogP contribution in [0.15, 0.2) is 46.9 Å². The molecule has 0 radical (unpaired) electrons. The summed E-state index contributed by atoms with van der Waals surface area (Å²) in [4.78, 5) is 17.3. The van der Waals surface area contributed by atoms with Gasteiger partial charge in [-0.3, -0.25) is 9.69 Å². The molecular formula is C17H16N2O3. The van der Waals surface area contributed by atoms with Gasteiger partial charge < -0.3 is 9.52 Å². The molecule has 5 heteroatoms. The number of hydrogen-bond acceptors (Lipinski definition) is 4. The van der Waals surface area contributed by atoms with E-state index in [2.05, 4.69) is 4.98 Å². The van der Waals surface area contributed by atoms with Crippen molar-refractivity contribution in [1.82, 2.24) is 4.98 Å². The number of anilines is 2. The fourth-order valence-corrected chi connectivity index (χ4v) is 2.42. The Labute approximate surface area is 127 Å². The lowest BCUT2D eigenvalue weighted by atomic mass is 10.1. The minimum Gasteiger partial charge on any atom is -0.481 e. The van der Waals surface area contributed by atoms with Gasteiger partial charge in [-0.05, 0) is 36.2 Å². The lowest BCUT2D eigenvalue weighted by Gasteiger charge is -2.17. The maximum Gasteiger partial charge on any atom is 0.307 e. The van der Waals surface area contributed by atoms with Gasteiger partial charge in [-0.15, -0.1) is 0 Å². The first kappa shape index (κ1) is 14.1. The Kier molecular flexibility index (Phi) is 3.55. The number of carboxylic acids is 1. The maximum atomic E-state index is 11.0. The average molecular weight is 296 g/mol. The van der Waals surface area contributed by atoms with Gasteiger partial charge in [-0.25, -0.2) is 0 Å². The molecule has 22 heavy (non-hydrogen) atoms. The number of nitrogens with zero attached hydrogens (tertiary/aromatic N) is 2. The zero-order chi connectivity index (χ0) is 15.7. The maximum absolute atomic E-state index is 11.0. The number of fused-ring (bicyclic) bond motifs is 1. The van der Waals surface area contributed by atoms with Crippen LogP contribution in [0.5, 0.6) is 0 Å². The monoisotopic (exact) mass is 296 g/mol. The number of aliphatic carboxylic acids is 1. The zero-order valence-electron chi connectivity index (χ0n) is 12.4. The fraction of sp³-hybridized carbons (Fsp3) is 0.176. The van der Waals surface area contributed by atoms with Crippen molar-refractivity contribution in [2.75, 3.05) is 11.9 Å². The molecule has 0 saturated carbocycles. The Morgan fingerprint density at radius 3 is 2.82 bits per heavy atom. The van der Waals surface area contributed by atoms with Crippen LogP contribution < -0.4 is 4.90 Å². The van der Waals surface area contributed by atoms with Gasteiger partial charge in [0.15, 0.2) is 5.58 Å². The number of benzene rings is 2. The molecule has 3 rings (SSSR count). The molecule has 112 valence electrons. The Morgan fingerprint density at radius 2 is 2.05 bits per heavy atom. The lowest BCUT2D eigenvalue weighted by molar-refractivity contribution is -0.136. The van der Waals surface area contributed by atoms with E-state index in [-0.39, 0.29) is 6.42 Å². The predicted octanol–water partition coefficient (Wildman–Crippen LogP) is 3.53. The van der Waals surface area contributed by atoms with Gasteiger partial charge in [0.05, 0.1) is 6.42 Å². The van der Waals surface area contributed by atoms with Crippen LogP contribution in [0.1, 0.15) is 11.1 Å². The van der Waals surface area contributed by atoms with E-state index in [4.69, 9.17) is 9.52 Å². The first-order valence-electron chi connectivity index (χ1n) is 6.95. The molecule has 0 spiro atoms. The Hall–Kier alpha value is -2.82. The first-order valence-corrected chi connectivity index (χ1v) is 6.95. The van der Waals surface area contributed by atoms with E-state index in [9.17, 15) is 4.79 Å². The summed E-state index contributed by atoms with van der Waals surface area (Å²) in [6.45, 7) is 2.00. The predicted molar refractivity (Wildman–Crippen MR) is 84.6 cm³/mol. The van der Waals surface area contributed by atoms with Gasteiger partial charge in [0.2, 0.25) is 0 Å². The number of carboxylic acid groups (broad SMARTS) is 1. The summed E-state index contributed by atoms with van der Waals surface area (Å²) >= 11 is 0. The van der Waals surface area contributed by atoms with Crippen molar-refractivity contribution < 1.29 is 14.3 Å². The Bertz CT molecular complexity index is 839. The average Bonchev–Trinajstić information content (AvgIpc) is 2.89. The molecule has 0 fully saturated rings. The van der Waals surface area contributed by atoms with Crippen molar-refractivity contribution in [3.63, 3.8) is 0 Å². The molecule has 0 aliphatic heterocycles. The van der Waals surface area contributed by atoms with Crippen LogP contribution in [0.3, 0.4) is 0 Å². The molecule has 0 unspecified atom stereocenters. The highest BCUT2D eigenvalue weighted by Crippen LogP contribution is 2.29. The van der Waals surface area contributed by atoms with E-state index >= 15 is 0 Å². The first-order chi connectivity index (χ1) is 10.5. The minimum absolute atomic E-state index is 0.0418. The SMILES string of the molecule is Cc1ccc2oc(N(C)c3ccccc3CC(=O)O)nc2c1. The molecule has 1 heterocycles. The highest BCUT2D eigenvalue weighted by atomic mass is 16.4. The Balaban J connectivity index is 2.02. The van der Waals surface area contributed by atoms with Gasteiger partial charge in [-0.2, -0.15) is 4.98 Å². The summed E-state index contributed by atoms with van der Waals surface area (Å²) in [5.41, 5.74) is 4.10. The fourth-order valence-electron chi connectivity index (χ4n) is 2.42. The summed E-state index contributed by atoms with van der Waals surface area (Å²) in [7, 11) is 1.82. The van der Waals surface area contributed by atoms with Gasteiger partial charge in [-0.1, -0.05) is 24.3 Å². The van der Waals surface area contributed by atoms with Crippen LogP contribution >= 0.6 is 0 Å². The van der Waals surface area contributed by atoms with Crippen LogP contribution in [-0.2, 0) is 11.2 Å². The topological polar surface area (TPSA) is 66.6 Å². The van der Waals surface area contributed by atoms with Crippen molar-refractivity contribution in [1.29, 1.82) is 0 Å². The van der Waals surface area contributed by atoms with Crippen molar-refractivity contribution in [2.24, 2.45) is 0 Å². The number of para-hydroxylation sites is 1. The van der Waals surface area contributed by atoms with Gasteiger partial charge in [0.25, 0.3) is 0 Å². The van der Waals surface area contributed by atoms with Gasteiger partial charge in [0, 0.05) is 12.7 Å². The zero-order valence-corrected chi connectivity index (χ0v) is 12.4. The molecule has 3 aromatic rings. The lowest BCUT2D eigenvalue weighted by Crippen LogP contribution is -2.13. The number of hydrogen-bond donors (Lipinski definition) is 1. The molecule has 0 aliphatic rings. The van der Waals surface area contributed by atoms with E-state index < -0.39 is 5.97 Å². The van der Waals surface area contributed by atoms with Crippen LogP contribution in [0, 0.1) is 6.92 Å². The summed E-state index contributed by atoms with van der Waals surface area (Å²) in [6, 6.07) is 13.6. The van der Waals surface area contributed by atoms with Gasteiger partial charge in [0.1, 0.15) is 5.52 Å². The molecule has 5 nitrogen and oxygen atoms in total. The molecule has 0 aliphatic carbocycles. The second kappa shape index (κ2) is 5.52. The largest absolute Gasteiger partial charge is 0.481 e. The minimum atomic E-state index is -0.867. The third-order valence-electron chi connectivity index (χ3n) is 3.51. The van der Waals surface area contributed by atoms with Crippen LogP contribution in [0.2, 0.25) is 0 Å². The molecule has 0 amide bonds. The second-order valence-corrected chi connectivity index (χ2v) is 5.23. The normalized spacial score (nSPS) is 10.8. The van der Waals surface area contributed by atoms with E-state index in [1.54, 1.807) is 11.0 Å². The van der Waals surface area contributed by atoms with Crippen molar-refractivity contribution in [3.8, 4) is 0 Å². The van der Waals surface area contributed by atoms with E-state index in [1.807, 2.05) is 50.4 Å². The quantitative estimate of drug-likeness (QED) is 0.797. The van der Waals surface area contributed by atoms with Crippen molar-refractivity contribution >= 4 is 28.8 Å². The summed E-state index contributed by atoms with van der Waals surface area (Å²) < 4.78 is 5.77. The Morgan fingerprint density at radius 1 is 1.27 bits per heavy atom. The third kappa shape index (κ3) is 2.65. The molecular weight excluding hydrogens is 280 g/mol. The van der Waals surface area contributed by atoms with Crippen LogP contribution in [0.4, 0.5) is 11.7 Å². The number of aromatic nitrogens is 1. The highest BCUT2D eigenvalue weighted by Gasteiger charge is 2.16. The second-order valence-electron chi connectivity index (χ2n) is 5.23. The third-order valence-corrected chi connectivity index (χ3v) is 3.51. The van der Waals surface area contributed by atoms with Crippen LogP contribution in [-0.4, -0.2) is 23.1 Å². The standard InChI is InChI=1S/C17H16N2O3/c1-11-7-8-15-13(9-11)18-17(22-15)19(2)14-6-4-3-5-12(14)10-16(20)21/h3-9H,10H2,1-2H3,(H,20,21). The van der Waals surface area contributed by atoms with E-state index in [0.29, 0.717) is 11.6 Å². The molecule has 0 atom stereocenters. The van der Waals surface area contributed by atoms with Crippen molar-refractivity contribution in [2.45, 2.75) is 13.3 Å². The smallest absolute Gasteiger partial charge is 0.307 e. The molecule has 1 N–H and O–H groups in total. The van der Waals surface area contributed by atoms with E-state index in [1.165, 1.54) is 0 Å². The number of rotatable bonds is 4. The summed E-state index contributed by atoms with van der Waals surface area (Å²) in [6.07, 6.45) is -0.0418. The molecule has 0 bridgehead atoms. The number of aryl methyl sites for hydroxylation is 1. The number of carbonyl (C=O) groups is 1. The van der Waals surface area contributed by atoms with Crippen molar-refractivity contribution in [3.05, 3.63) is 53.6 Å². The molecule has 2 aromatic carbocycles. The van der Waals surface area contributed by atoms with E-state index in [0.717, 1.165) is 22.3 Å². The number of oxazole rings is 1.